The number of amides is 1. The molecular weight excluding hydrogens is 236 g/mol. The van der Waals surface area contributed by atoms with Gasteiger partial charge in [-0.2, -0.15) is 5.10 Å². The van der Waals surface area contributed by atoms with Crippen molar-refractivity contribution in [3.05, 3.63) is 35.9 Å². The monoisotopic (exact) mass is 260 g/mol. The highest BCUT2D eigenvalue weighted by Gasteiger charge is 2.01. The van der Waals surface area contributed by atoms with Crippen molar-refractivity contribution in [2.24, 2.45) is 5.10 Å². The maximum absolute atomic E-state index is 11.6. The third-order valence-electron chi connectivity index (χ3n) is 3.05. The Bertz CT molecular complexity index is 398. The molecule has 0 atom stereocenters. The predicted molar refractivity (Wildman–Crippen MR) is 80.2 cm³/mol. The zero-order chi connectivity index (χ0) is 13.9. The molecule has 1 rings (SSSR count). The van der Waals surface area contributed by atoms with E-state index < -0.39 is 0 Å². The van der Waals surface area contributed by atoms with Crippen LogP contribution in [0.15, 0.2) is 35.4 Å². The molecule has 0 saturated heterocycles. The van der Waals surface area contributed by atoms with E-state index in [-0.39, 0.29) is 5.91 Å². The Morgan fingerprint density at radius 2 is 1.79 bits per heavy atom. The number of hydrogen-bond donors (Lipinski definition) is 1. The lowest BCUT2D eigenvalue weighted by Crippen LogP contribution is -2.18. The highest BCUT2D eigenvalue weighted by molar-refractivity contribution is 5.99. The van der Waals surface area contributed by atoms with Gasteiger partial charge < -0.3 is 0 Å². The van der Waals surface area contributed by atoms with Gasteiger partial charge in [-0.3, -0.25) is 4.79 Å². The number of hydrogen-bond acceptors (Lipinski definition) is 2. The summed E-state index contributed by atoms with van der Waals surface area (Å²) in [7, 11) is 0. The fraction of sp³-hybridized carbons (Fsp3) is 0.500. The van der Waals surface area contributed by atoms with Crippen LogP contribution in [0, 0.1) is 0 Å². The fourth-order valence-corrected chi connectivity index (χ4v) is 1.84. The molecule has 0 saturated carbocycles. The minimum atomic E-state index is 0.00628. The largest absolute Gasteiger partial charge is 0.273 e. The molecule has 0 unspecified atom stereocenters. The van der Waals surface area contributed by atoms with Crippen molar-refractivity contribution in [2.75, 3.05) is 0 Å². The van der Waals surface area contributed by atoms with Crippen LogP contribution in [0.4, 0.5) is 0 Å². The van der Waals surface area contributed by atoms with Crippen LogP contribution >= 0.6 is 0 Å². The van der Waals surface area contributed by atoms with Crippen LogP contribution < -0.4 is 5.43 Å². The number of carbonyl (C=O) groups excluding carboxylic acids is 1. The highest BCUT2D eigenvalue weighted by atomic mass is 16.2. The first-order valence-electron chi connectivity index (χ1n) is 7.12. The number of hydrazone groups is 1. The summed E-state index contributed by atoms with van der Waals surface area (Å²) < 4.78 is 0. The second-order valence-electron chi connectivity index (χ2n) is 4.76. The SMILES string of the molecule is CCCCCCCC(=O)N/N=C(/C)c1ccccc1. The van der Waals surface area contributed by atoms with E-state index >= 15 is 0 Å². The van der Waals surface area contributed by atoms with E-state index in [1.165, 1.54) is 19.3 Å². The Kier molecular flexibility index (Phi) is 7.56. The summed E-state index contributed by atoms with van der Waals surface area (Å²) in [5.41, 5.74) is 4.49. The lowest BCUT2D eigenvalue weighted by atomic mass is 10.1. The van der Waals surface area contributed by atoms with Crippen LogP contribution in [-0.4, -0.2) is 11.6 Å². The van der Waals surface area contributed by atoms with Gasteiger partial charge in [-0.25, -0.2) is 5.43 Å². The van der Waals surface area contributed by atoms with Gasteiger partial charge in [0, 0.05) is 6.42 Å². The van der Waals surface area contributed by atoms with E-state index in [1.54, 1.807) is 0 Å². The highest BCUT2D eigenvalue weighted by Crippen LogP contribution is 2.05. The molecule has 0 aliphatic carbocycles. The van der Waals surface area contributed by atoms with Crippen LogP contribution in [0.1, 0.15) is 57.9 Å². The van der Waals surface area contributed by atoms with E-state index in [4.69, 9.17) is 0 Å². The first-order valence-corrected chi connectivity index (χ1v) is 7.12. The van der Waals surface area contributed by atoms with Crippen LogP contribution in [0.2, 0.25) is 0 Å². The quantitative estimate of drug-likeness (QED) is 0.430. The standard InChI is InChI=1S/C16H24N2O/c1-3-4-5-6-10-13-16(19)18-17-14(2)15-11-8-7-9-12-15/h7-9,11-12H,3-6,10,13H2,1-2H3,(H,18,19)/b17-14-. The van der Waals surface area contributed by atoms with Crippen molar-refractivity contribution in [3.8, 4) is 0 Å². The summed E-state index contributed by atoms with van der Waals surface area (Å²) in [6.07, 6.45) is 6.35. The molecule has 0 aliphatic rings. The Balaban J connectivity index is 2.25. The second-order valence-corrected chi connectivity index (χ2v) is 4.76. The molecule has 1 aromatic carbocycles. The number of unbranched alkanes of at least 4 members (excludes halogenated alkanes) is 4. The lowest BCUT2D eigenvalue weighted by molar-refractivity contribution is -0.121. The number of benzene rings is 1. The molecule has 19 heavy (non-hydrogen) atoms. The van der Waals surface area contributed by atoms with Gasteiger partial charge in [0.05, 0.1) is 5.71 Å². The predicted octanol–water partition coefficient (Wildman–Crippen LogP) is 3.89. The number of rotatable bonds is 8. The van der Waals surface area contributed by atoms with E-state index in [2.05, 4.69) is 17.5 Å². The molecule has 1 aromatic rings. The molecular formula is C16H24N2O. The molecule has 0 heterocycles. The smallest absolute Gasteiger partial charge is 0.240 e. The zero-order valence-corrected chi connectivity index (χ0v) is 12.0. The molecule has 0 aliphatic heterocycles. The zero-order valence-electron chi connectivity index (χ0n) is 12.0. The molecule has 0 fully saturated rings. The molecule has 0 radical (unpaired) electrons. The average Bonchev–Trinajstić information content (AvgIpc) is 2.45. The van der Waals surface area contributed by atoms with Gasteiger partial charge in [0.15, 0.2) is 0 Å². The molecule has 1 N–H and O–H groups in total. The van der Waals surface area contributed by atoms with Gasteiger partial charge in [0.2, 0.25) is 5.91 Å². The molecule has 104 valence electrons. The van der Waals surface area contributed by atoms with Gasteiger partial charge in [-0.15, -0.1) is 0 Å². The van der Waals surface area contributed by atoms with Gasteiger partial charge >= 0.3 is 0 Å². The first kappa shape index (κ1) is 15.4. The fourth-order valence-electron chi connectivity index (χ4n) is 1.84. The summed E-state index contributed by atoms with van der Waals surface area (Å²) in [5.74, 6) is 0.00628. The van der Waals surface area contributed by atoms with E-state index in [0.717, 1.165) is 24.1 Å². The van der Waals surface area contributed by atoms with Gasteiger partial charge in [-0.05, 0) is 18.9 Å². The van der Waals surface area contributed by atoms with Crippen molar-refractivity contribution in [3.63, 3.8) is 0 Å². The van der Waals surface area contributed by atoms with Crippen molar-refractivity contribution in [1.82, 2.24) is 5.43 Å². The number of nitrogens with one attached hydrogen (secondary N) is 1. The van der Waals surface area contributed by atoms with E-state index in [9.17, 15) is 4.79 Å². The average molecular weight is 260 g/mol. The van der Waals surface area contributed by atoms with E-state index in [1.807, 2.05) is 37.3 Å². The summed E-state index contributed by atoms with van der Waals surface area (Å²) in [6, 6.07) is 9.85. The van der Waals surface area contributed by atoms with Gasteiger partial charge in [0.1, 0.15) is 0 Å². The summed E-state index contributed by atoms with van der Waals surface area (Å²) in [4.78, 5) is 11.6. The Morgan fingerprint density at radius 3 is 2.47 bits per heavy atom. The Morgan fingerprint density at radius 1 is 1.11 bits per heavy atom. The third-order valence-corrected chi connectivity index (χ3v) is 3.05. The van der Waals surface area contributed by atoms with Crippen LogP contribution in [0.3, 0.4) is 0 Å². The summed E-state index contributed by atoms with van der Waals surface area (Å²) in [6.45, 7) is 4.09. The molecule has 0 bridgehead atoms. The third kappa shape index (κ3) is 6.75. The van der Waals surface area contributed by atoms with Gasteiger partial charge in [-0.1, -0.05) is 62.9 Å². The molecule has 0 spiro atoms. The summed E-state index contributed by atoms with van der Waals surface area (Å²) in [5, 5.41) is 4.13. The topological polar surface area (TPSA) is 41.5 Å². The molecule has 3 heteroatoms. The van der Waals surface area contributed by atoms with Crippen LogP contribution in [0.5, 0.6) is 0 Å². The van der Waals surface area contributed by atoms with Crippen LogP contribution in [-0.2, 0) is 4.79 Å². The van der Waals surface area contributed by atoms with Crippen molar-refractivity contribution < 1.29 is 4.79 Å². The maximum Gasteiger partial charge on any atom is 0.240 e. The van der Waals surface area contributed by atoms with Crippen molar-refractivity contribution in [2.45, 2.75) is 52.4 Å². The number of carbonyl (C=O) groups is 1. The van der Waals surface area contributed by atoms with Crippen molar-refractivity contribution >= 4 is 11.6 Å². The van der Waals surface area contributed by atoms with Crippen LogP contribution in [0.25, 0.3) is 0 Å². The Labute approximate surface area is 116 Å². The molecule has 0 aromatic heterocycles. The van der Waals surface area contributed by atoms with E-state index in [0.29, 0.717) is 6.42 Å². The minimum Gasteiger partial charge on any atom is -0.273 e. The maximum atomic E-state index is 11.6. The van der Waals surface area contributed by atoms with Crippen molar-refractivity contribution in [1.29, 1.82) is 0 Å². The normalized spacial score (nSPS) is 11.4. The molecule has 1 amide bonds. The van der Waals surface area contributed by atoms with Gasteiger partial charge in [0.25, 0.3) is 0 Å². The Hall–Kier alpha value is -1.64. The number of nitrogens with zero attached hydrogens (tertiary/aromatic N) is 1. The minimum absolute atomic E-state index is 0.00628. The lowest BCUT2D eigenvalue weighted by Gasteiger charge is -2.03. The second kappa shape index (κ2) is 9.31. The first-order chi connectivity index (χ1) is 9.24. The molecule has 3 nitrogen and oxygen atoms in total. The summed E-state index contributed by atoms with van der Waals surface area (Å²) >= 11 is 0.